The SMILES string of the molecule is COc1cc([C@H](C)NC(=O)c2c(N3CCOC[C@@H]3C)nc3c(C4CC4)nc(C)cc3c2N2CCN[C@@H](C)CC2)ccc1F. The topological polar surface area (TPSA) is 91.8 Å². The summed E-state index contributed by atoms with van der Waals surface area (Å²) in [7, 11) is 1.44. The van der Waals surface area contributed by atoms with Crippen molar-refractivity contribution in [3.63, 3.8) is 0 Å². The summed E-state index contributed by atoms with van der Waals surface area (Å²) in [5.74, 6) is 0.584. The van der Waals surface area contributed by atoms with E-state index in [0.29, 0.717) is 43.1 Å². The lowest BCUT2D eigenvalue weighted by molar-refractivity contribution is 0.0928. The molecule has 2 saturated heterocycles. The maximum atomic E-state index is 14.6. The van der Waals surface area contributed by atoms with Crippen molar-refractivity contribution in [2.75, 3.05) is 56.3 Å². The number of morpholine rings is 1. The van der Waals surface area contributed by atoms with Crippen LogP contribution in [0.3, 0.4) is 0 Å². The molecule has 0 spiro atoms. The van der Waals surface area contributed by atoms with Gasteiger partial charge in [0.1, 0.15) is 11.4 Å². The fourth-order valence-corrected chi connectivity index (χ4v) is 6.35. The summed E-state index contributed by atoms with van der Waals surface area (Å²) in [4.78, 5) is 29.5. The van der Waals surface area contributed by atoms with Crippen LogP contribution in [-0.2, 0) is 4.74 Å². The van der Waals surface area contributed by atoms with Crippen LogP contribution in [0.5, 0.6) is 5.75 Å². The Labute approximate surface area is 253 Å². The van der Waals surface area contributed by atoms with E-state index < -0.39 is 11.9 Å². The quantitative estimate of drug-likeness (QED) is 0.403. The highest BCUT2D eigenvalue weighted by atomic mass is 19.1. The predicted octanol–water partition coefficient (Wildman–Crippen LogP) is 4.87. The normalized spacial score (nSPS) is 21.9. The molecule has 3 fully saturated rings. The van der Waals surface area contributed by atoms with Gasteiger partial charge in [-0.1, -0.05) is 6.07 Å². The van der Waals surface area contributed by atoms with Crippen LogP contribution < -0.4 is 25.2 Å². The second kappa shape index (κ2) is 12.2. The van der Waals surface area contributed by atoms with Crippen LogP contribution in [0.15, 0.2) is 24.3 Å². The van der Waals surface area contributed by atoms with Crippen molar-refractivity contribution in [1.29, 1.82) is 0 Å². The summed E-state index contributed by atoms with van der Waals surface area (Å²) in [5.41, 5.74) is 5.12. The molecule has 43 heavy (non-hydrogen) atoms. The molecule has 0 bridgehead atoms. The van der Waals surface area contributed by atoms with Crippen molar-refractivity contribution in [1.82, 2.24) is 20.6 Å². The predicted molar refractivity (Wildman–Crippen MR) is 167 cm³/mol. The van der Waals surface area contributed by atoms with E-state index in [-0.39, 0.29) is 17.7 Å². The molecular formula is C33H43FN6O3. The zero-order valence-electron chi connectivity index (χ0n) is 25.9. The highest BCUT2D eigenvalue weighted by Gasteiger charge is 2.35. The Hall–Kier alpha value is -3.50. The van der Waals surface area contributed by atoms with E-state index in [2.05, 4.69) is 40.3 Å². The highest BCUT2D eigenvalue weighted by Crippen LogP contribution is 2.45. The van der Waals surface area contributed by atoms with Crippen molar-refractivity contribution >= 4 is 28.3 Å². The summed E-state index contributed by atoms with van der Waals surface area (Å²) >= 11 is 0. The summed E-state index contributed by atoms with van der Waals surface area (Å²) in [6.45, 7) is 12.4. The number of benzene rings is 1. The van der Waals surface area contributed by atoms with Crippen molar-refractivity contribution in [2.45, 2.75) is 71.0 Å². The molecule has 4 heterocycles. The van der Waals surface area contributed by atoms with Gasteiger partial charge in [0.15, 0.2) is 11.6 Å². The van der Waals surface area contributed by atoms with Crippen LogP contribution in [0.1, 0.15) is 79.3 Å². The molecule has 3 atom stereocenters. The summed E-state index contributed by atoms with van der Waals surface area (Å²) in [6, 6.07) is 6.84. The van der Waals surface area contributed by atoms with Gasteiger partial charge in [-0.15, -0.1) is 0 Å². The Balaban J connectivity index is 1.54. The number of aromatic nitrogens is 2. The Morgan fingerprint density at radius 1 is 1.16 bits per heavy atom. The first-order valence-corrected chi connectivity index (χ1v) is 15.6. The van der Waals surface area contributed by atoms with Crippen molar-refractivity contribution in [3.05, 3.63) is 52.6 Å². The lowest BCUT2D eigenvalue weighted by Gasteiger charge is -2.37. The summed E-state index contributed by atoms with van der Waals surface area (Å²) in [6.07, 6.45) is 3.18. The number of carbonyl (C=O) groups excluding carboxylic acids is 1. The fraction of sp³-hybridized carbons (Fsp3) is 0.545. The van der Waals surface area contributed by atoms with Gasteiger partial charge in [0, 0.05) is 49.2 Å². The number of carbonyl (C=O) groups is 1. The Kier molecular flexibility index (Phi) is 8.42. The van der Waals surface area contributed by atoms with E-state index >= 15 is 0 Å². The van der Waals surface area contributed by atoms with E-state index in [1.807, 2.05) is 13.8 Å². The average Bonchev–Trinajstić information content (AvgIpc) is 3.85. The molecule has 3 aromatic rings. The van der Waals surface area contributed by atoms with Crippen LogP contribution in [0, 0.1) is 12.7 Å². The largest absolute Gasteiger partial charge is 0.494 e. The number of nitrogens with one attached hydrogen (secondary N) is 2. The second-order valence-electron chi connectivity index (χ2n) is 12.3. The van der Waals surface area contributed by atoms with E-state index in [4.69, 9.17) is 19.4 Å². The molecule has 1 aliphatic carbocycles. The lowest BCUT2D eigenvalue weighted by atomic mass is 10.0. The molecule has 230 valence electrons. The number of halogens is 1. The standard InChI is InChI=1S/C33H43FN6O3/c1-19-10-12-39(13-11-35-19)31-25-16-20(2)36-29(23-6-7-23)30(25)38-32(40-14-15-43-18-21(40)3)28(31)33(41)37-22(4)24-8-9-26(34)27(17-24)42-5/h8-9,16-17,19,21-23,35H,6-7,10-15,18H2,1-5H3,(H,37,41)/t19-,21-,22-/m0/s1. The molecule has 1 saturated carbocycles. The number of fused-ring (bicyclic) bond motifs is 1. The van der Waals surface area contributed by atoms with E-state index in [9.17, 15) is 9.18 Å². The first-order chi connectivity index (χ1) is 20.7. The first-order valence-electron chi connectivity index (χ1n) is 15.6. The molecule has 9 nitrogen and oxygen atoms in total. The third kappa shape index (κ3) is 5.99. The van der Waals surface area contributed by atoms with Gasteiger partial charge in [-0.3, -0.25) is 9.78 Å². The molecule has 1 amide bonds. The minimum absolute atomic E-state index is 0.0467. The zero-order chi connectivity index (χ0) is 30.2. The van der Waals surface area contributed by atoms with Gasteiger partial charge >= 0.3 is 0 Å². The van der Waals surface area contributed by atoms with E-state index in [1.165, 1.54) is 13.2 Å². The second-order valence-corrected chi connectivity index (χ2v) is 12.3. The molecule has 1 aromatic carbocycles. The fourth-order valence-electron chi connectivity index (χ4n) is 6.35. The van der Waals surface area contributed by atoms with Gasteiger partial charge in [0.05, 0.1) is 49.3 Å². The van der Waals surface area contributed by atoms with Gasteiger partial charge in [0.2, 0.25) is 0 Å². The Bertz CT molecular complexity index is 1510. The Morgan fingerprint density at radius 3 is 2.72 bits per heavy atom. The minimum atomic E-state index is -0.436. The van der Waals surface area contributed by atoms with Gasteiger partial charge in [-0.25, -0.2) is 9.37 Å². The molecule has 0 radical (unpaired) electrons. The van der Waals surface area contributed by atoms with Crippen LogP contribution in [0.25, 0.3) is 10.9 Å². The number of pyridine rings is 2. The molecule has 0 unspecified atom stereocenters. The van der Waals surface area contributed by atoms with Gasteiger partial charge < -0.3 is 29.9 Å². The summed E-state index contributed by atoms with van der Waals surface area (Å²) in [5, 5.41) is 7.83. The summed E-state index contributed by atoms with van der Waals surface area (Å²) < 4.78 is 25.2. The smallest absolute Gasteiger partial charge is 0.257 e. The van der Waals surface area contributed by atoms with E-state index in [1.54, 1.807) is 12.1 Å². The maximum absolute atomic E-state index is 14.6. The van der Waals surface area contributed by atoms with Crippen molar-refractivity contribution in [3.8, 4) is 5.75 Å². The van der Waals surface area contributed by atoms with Crippen LogP contribution in [-0.4, -0.2) is 74.5 Å². The number of hydrogen-bond donors (Lipinski definition) is 2. The van der Waals surface area contributed by atoms with Gasteiger partial charge in [-0.05, 0) is 70.7 Å². The van der Waals surface area contributed by atoms with Gasteiger partial charge in [0.25, 0.3) is 5.91 Å². The molecule has 10 heteroatoms. The molecule has 3 aliphatic rings. The molecule has 2 aromatic heterocycles. The molecule has 2 N–H and O–H groups in total. The number of aryl methyl sites for hydroxylation is 1. The zero-order valence-corrected chi connectivity index (χ0v) is 25.9. The number of nitrogens with zero attached hydrogens (tertiary/aromatic N) is 4. The van der Waals surface area contributed by atoms with Crippen molar-refractivity contribution in [2.24, 2.45) is 0 Å². The maximum Gasteiger partial charge on any atom is 0.257 e. The van der Waals surface area contributed by atoms with Crippen LogP contribution >= 0.6 is 0 Å². The number of amides is 1. The number of ether oxygens (including phenoxy) is 2. The third-order valence-electron chi connectivity index (χ3n) is 8.96. The number of methoxy groups -OCH3 is 1. The molecule has 2 aliphatic heterocycles. The highest BCUT2D eigenvalue weighted by molar-refractivity contribution is 6.12. The van der Waals surface area contributed by atoms with Gasteiger partial charge in [-0.2, -0.15) is 0 Å². The lowest BCUT2D eigenvalue weighted by Crippen LogP contribution is -2.45. The number of anilines is 2. The molecule has 6 rings (SSSR count). The Morgan fingerprint density at radius 2 is 1.98 bits per heavy atom. The van der Waals surface area contributed by atoms with Crippen LogP contribution in [0.4, 0.5) is 15.9 Å². The minimum Gasteiger partial charge on any atom is -0.494 e. The monoisotopic (exact) mass is 590 g/mol. The number of hydrogen-bond acceptors (Lipinski definition) is 8. The van der Waals surface area contributed by atoms with Crippen molar-refractivity contribution < 1.29 is 18.7 Å². The third-order valence-corrected chi connectivity index (χ3v) is 8.96. The molecular weight excluding hydrogens is 547 g/mol. The first kappa shape index (κ1) is 29.6. The average molecular weight is 591 g/mol. The number of rotatable bonds is 7. The van der Waals surface area contributed by atoms with E-state index in [0.717, 1.165) is 72.4 Å². The van der Waals surface area contributed by atoms with Crippen LogP contribution in [0.2, 0.25) is 0 Å².